The molecule has 0 heterocycles. The van der Waals surface area contributed by atoms with Crippen LogP contribution in [0.1, 0.15) is 0 Å². The van der Waals surface area contributed by atoms with Gasteiger partial charge in [0.05, 0.1) is 12.0 Å². The first kappa shape index (κ1) is 16.7. The minimum absolute atomic E-state index is 0.0150. The van der Waals surface area contributed by atoms with Gasteiger partial charge in [-0.15, -0.1) is 0 Å². The van der Waals surface area contributed by atoms with E-state index in [0.29, 0.717) is 5.70 Å². The van der Waals surface area contributed by atoms with Crippen molar-refractivity contribution in [3.05, 3.63) is 23.5 Å². The smallest absolute Gasteiger partial charge is 0.291 e. The van der Waals surface area contributed by atoms with Gasteiger partial charge < -0.3 is 14.7 Å². The van der Waals surface area contributed by atoms with Crippen LogP contribution in [0.3, 0.4) is 0 Å². The number of nitriles is 1. The number of likely N-dealkylation sites (N-methyl/N-ethyl adjacent to an activating group) is 1. The zero-order chi connectivity index (χ0) is 15.0. The van der Waals surface area contributed by atoms with Crippen LogP contribution in [0, 0.1) is 11.3 Å². The van der Waals surface area contributed by atoms with Gasteiger partial charge in [0.25, 0.3) is 5.91 Å². The topological polar surface area (TPSA) is 62.9 Å². The normalized spacial score (nSPS) is 12.3. The summed E-state index contributed by atoms with van der Waals surface area (Å²) < 4.78 is 0. The van der Waals surface area contributed by atoms with Gasteiger partial charge in [-0.05, 0) is 6.08 Å². The van der Waals surface area contributed by atoms with Crippen LogP contribution in [-0.4, -0.2) is 69.2 Å². The molecular weight excluding hydrogens is 242 g/mol. The molecule has 0 aliphatic heterocycles. The standard InChI is InChI=1S/C13H21N5O/c1-16(2)8-7-12(18(5)6)11(9-14)13(19)15-10-17(3)4/h7-8,10H,1-6H3/b8-7+,12-11-,15-10?. The maximum atomic E-state index is 11.9. The molecular formula is C13H21N5O. The van der Waals surface area contributed by atoms with Crippen molar-refractivity contribution in [2.24, 2.45) is 4.99 Å². The lowest BCUT2D eigenvalue weighted by Crippen LogP contribution is -2.17. The molecule has 0 aromatic carbocycles. The quantitative estimate of drug-likeness (QED) is 0.238. The molecule has 0 saturated carbocycles. The highest BCUT2D eigenvalue weighted by Crippen LogP contribution is 2.10. The first-order valence-corrected chi connectivity index (χ1v) is 5.70. The molecule has 0 fully saturated rings. The first-order chi connectivity index (χ1) is 8.79. The average Bonchev–Trinajstić information content (AvgIpc) is 2.30. The molecule has 1 amide bonds. The van der Waals surface area contributed by atoms with Crippen molar-refractivity contribution in [1.82, 2.24) is 14.7 Å². The van der Waals surface area contributed by atoms with Crippen LogP contribution in [-0.2, 0) is 4.79 Å². The Morgan fingerprint density at radius 3 is 2.05 bits per heavy atom. The number of carbonyl (C=O) groups is 1. The van der Waals surface area contributed by atoms with Crippen LogP contribution in [0.15, 0.2) is 28.5 Å². The van der Waals surface area contributed by atoms with E-state index in [0.717, 1.165) is 0 Å². The summed E-state index contributed by atoms with van der Waals surface area (Å²) in [5, 5.41) is 9.16. The minimum atomic E-state index is -0.552. The number of carbonyl (C=O) groups excluding carboxylic acids is 1. The van der Waals surface area contributed by atoms with E-state index in [9.17, 15) is 4.79 Å². The van der Waals surface area contributed by atoms with Crippen LogP contribution in [0.2, 0.25) is 0 Å². The van der Waals surface area contributed by atoms with Gasteiger partial charge in [0.1, 0.15) is 11.6 Å². The zero-order valence-corrected chi connectivity index (χ0v) is 12.4. The number of hydrogen-bond donors (Lipinski definition) is 0. The number of hydrogen-bond acceptors (Lipinski definition) is 4. The first-order valence-electron chi connectivity index (χ1n) is 5.70. The summed E-state index contributed by atoms with van der Waals surface area (Å²) in [5.41, 5.74) is 0.540. The summed E-state index contributed by atoms with van der Waals surface area (Å²) >= 11 is 0. The summed E-state index contributed by atoms with van der Waals surface area (Å²) in [6.45, 7) is 0. The molecule has 6 nitrogen and oxygen atoms in total. The summed E-state index contributed by atoms with van der Waals surface area (Å²) in [4.78, 5) is 20.8. The lowest BCUT2D eigenvalue weighted by atomic mass is 10.2. The predicted molar refractivity (Wildman–Crippen MR) is 76.3 cm³/mol. The van der Waals surface area contributed by atoms with E-state index in [4.69, 9.17) is 5.26 Å². The van der Waals surface area contributed by atoms with Gasteiger partial charge in [0, 0.05) is 48.5 Å². The Hall–Kier alpha value is -2.29. The lowest BCUT2D eigenvalue weighted by Gasteiger charge is -2.15. The molecule has 104 valence electrons. The largest absolute Gasteiger partial charge is 0.383 e. The molecule has 0 saturated heterocycles. The van der Waals surface area contributed by atoms with Gasteiger partial charge in [-0.3, -0.25) is 4.79 Å². The molecule has 0 rings (SSSR count). The zero-order valence-electron chi connectivity index (χ0n) is 12.4. The third kappa shape index (κ3) is 6.27. The van der Waals surface area contributed by atoms with Crippen molar-refractivity contribution in [3.8, 4) is 6.07 Å². The lowest BCUT2D eigenvalue weighted by molar-refractivity contribution is -0.114. The fourth-order valence-corrected chi connectivity index (χ4v) is 1.12. The molecule has 0 atom stereocenters. The average molecular weight is 263 g/mol. The second-order valence-corrected chi connectivity index (χ2v) is 4.56. The van der Waals surface area contributed by atoms with Crippen molar-refractivity contribution in [3.63, 3.8) is 0 Å². The van der Waals surface area contributed by atoms with Crippen LogP contribution in [0.25, 0.3) is 0 Å². The summed E-state index contributed by atoms with van der Waals surface area (Å²) in [6, 6.07) is 1.92. The van der Waals surface area contributed by atoms with Crippen molar-refractivity contribution in [1.29, 1.82) is 5.26 Å². The van der Waals surface area contributed by atoms with Gasteiger partial charge in [0.15, 0.2) is 0 Å². The van der Waals surface area contributed by atoms with Crippen molar-refractivity contribution < 1.29 is 4.79 Å². The van der Waals surface area contributed by atoms with E-state index >= 15 is 0 Å². The Kier molecular flexibility index (Phi) is 6.97. The van der Waals surface area contributed by atoms with Crippen LogP contribution < -0.4 is 0 Å². The molecule has 0 aliphatic carbocycles. The Balaban J connectivity index is 5.48. The number of amides is 1. The van der Waals surface area contributed by atoms with Crippen molar-refractivity contribution in [2.45, 2.75) is 0 Å². The van der Waals surface area contributed by atoms with Crippen LogP contribution >= 0.6 is 0 Å². The summed E-state index contributed by atoms with van der Waals surface area (Å²) in [7, 11) is 10.8. The molecule has 0 bridgehead atoms. The van der Waals surface area contributed by atoms with Gasteiger partial charge in [0.2, 0.25) is 0 Å². The maximum absolute atomic E-state index is 11.9. The Morgan fingerprint density at radius 1 is 1.11 bits per heavy atom. The molecule has 0 radical (unpaired) electrons. The molecule has 0 spiro atoms. The molecule has 19 heavy (non-hydrogen) atoms. The molecule has 0 aromatic heterocycles. The van der Waals surface area contributed by atoms with E-state index in [1.54, 1.807) is 50.3 Å². The molecule has 0 unspecified atom stereocenters. The monoisotopic (exact) mass is 263 g/mol. The maximum Gasteiger partial charge on any atom is 0.291 e. The predicted octanol–water partition coefficient (Wildman–Crippen LogP) is 0.517. The van der Waals surface area contributed by atoms with E-state index in [-0.39, 0.29) is 5.57 Å². The number of aliphatic imine (C=N–C) groups is 1. The van der Waals surface area contributed by atoms with E-state index in [1.807, 2.05) is 25.1 Å². The highest BCUT2D eigenvalue weighted by Gasteiger charge is 2.14. The highest BCUT2D eigenvalue weighted by molar-refractivity contribution is 6.02. The number of nitrogens with zero attached hydrogens (tertiary/aromatic N) is 5. The van der Waals surface area contributed by atoms with Gasteiger partial charge in [-0.2, -0.15) is 10.3 Å². The van der Waals surface area contributed by atoms with E-state index in [2.05, 4.69) is 4.99 Å². The fourth-order valence-electron chi connectivity index (χ4n) is 1.12. The fraction of sp³-hybridized carbons (Fsp3) is 0.462. The van der Waals surface area contributed by atoms with Gasteiger partial charge in [-0.1, -0.05) is 0 Å². The molecule has 6 heteroatoms. The second kappa shape index (κ2) is 7.93. The number of allylic oxidation sites excluding steroid dienone is 1. The Labute approximate surface area is 114 Å². The van der Waals surface area contributed by atoms with Crippen molar-refractivity contribution >= 4 is 12.2 Å². The highest BCUT2D eigenvalue weighted by atomic mass is 16.1. The third-order valence-corrected chi connectivity index (χ3v) is 2.00. The molecule has 0 aliphatic rings. The Morgan fingerprint density at radius 2 is 1.68 bits per heavy atom. The number of rotatable bonds is 5. The summed E-state index contributed by atoms with van der Waals surface area (Å²) in [5.74, 6) is -0.552. The van der Waals surface area contributed by atoms with E-state index in [1.165, 1.54) is 6.34 Å². The van der Waals surface area contributed by atoms with E-state index < -0.39 is 5.91 Å². The minimum Gasteiger partial charge on any atom is -0.383 e. The van der Waals surface area contributed by atoms with Gasteiger partial charge in [-0.25, -0.2) is 0 Å². The molecule has 0 N–H and O–H groups in total. The SMILES string of the molecule is CN(C)C=NC(=O)/C(C#N)=C(/C=C/N(C)C)N(C)C. The molecule has 0 aromatic rings. The van der Waals surface area contributed by atoms with Crippen molar-refractivity contribution in [2.75, 3.05) is 42.3 Å². The Bertz CT molecular complexity index is 438. The third-order valence-electron chi connectivity index (χ3n) is 2.00. The van der Waals surface area contributed by atoms with Crippen LogP contribution in [0.5, 0.6) is 0 Å². The second-order valence-electron chi connectivity index (χ2n) is 4.56. The van der Waals surface area contributed by atoms with Crippen LogP contribution in [0.4, 0.5) is 0 Å². The summed E-state index contributed by atoms with van der Waals surface area (Å²) in [6.07, 6.45) is 4.86. The van der Waals surface area contributed by atoms with Gasteiger partial charge >= 0.3 is 0 Å².